The molecule has 0 amide bonds. The van der Waals surface area contributed by atoms with E-state index in [0.29, 0.717) is 29.6 Å². The lowest BCUT2D eigenvalue weighted by Crippen LogP contribution is -2.26. The zero-order valence-electron chi connectivity index (χ0n) is 14.1. The maximum Gasteiger partial charge on any atom is 0.251 e. The van der Waals surface area contributed by atoms with Crippen molar-refractivity contribution in [2.75, 3.05) is 18.0 Å². The van der Waals surface area contributed by atoms with Crippen LogP contribution in [-0.2, 0) is 6.54 Å². The summed E-state index contributed by atoms with van der Waals surface area (Å²) in [6.07, 6.45) is 1.66. The molecule has 1 aliphatic heterocycles. The Morgan fingerprint density at radius 2 is 2.00 bits per heavy atom. The summed E-state index contributed by atoms with van der Waals surface area (Å²) in [5, 5.41) is 9.88. The van der Waals surface area contributed by atoms with Gasteiger partial charge in [-0.15, -0.1) is 0 Å². The number of halogens is 2. The molecule has 1 saturated heterocycles. The van der Waals surface area contributed by atoms with Crippen LogP contribution in [-0.4, -0.2) is 28.9 Å². The highest BCUT2D eigenvalue weighted by atomic mass is 19.2. The minimum absolute atomic E-state index is 0.0300. The van der Waals surface area contributed by atoms with Crippen molar-refractivity contribution in [1.82, 2.24) is 4.57 Å². The minimum atomic E-state index is -0.966. The number of fused-ring (bicyclic) bond motifs is 1. The van der Waals surface area contributed by atoms with Crippen molar-refractivity contribution in [1.29, 1.82) is 0 Å². The second-order valence-electron chi connectivity index (χ2n) is 7.03. The van der Waals surface area contributed by atoms with Gasteiger partial charge in [-0.05, 0) is 31.7 Å². The molecule has 2 fully saturated rings. The lowest BCUT2D eigenvalue weighted by atomic mass is 10.0. The van der Waals surface area contributed by atoms with Crippen molar-refractivity contribution in [3.8, 4) is 0 Å². The van der Waals surface area contributed by atoms with Crippen LogP contribution in [0.5, 0.6) is 0 Å². The van der Waals surface area contributed by atoms with Gasteiger partial charge in [0, 0.05) is 42.7 Å². The Hall–Kier alpha value is -1.99. The summed E-state index contributed by atoms with van der Waals surface area (Å²) in [5.41, 5.74) is 6.90. The van der Waals surface area contributed by atoms with Crippen LogP contribution >= 0.6 is 0 Å². The van der Waals surface area contributed by atoms with Gasteiger partial charge in [-0.1, -0.05) is 0 Å². The molecule has 25 heavy (non-hydrogen) atoms. The summed E-state index contributed by atoms with van der Waals surface area (Å²) >= 11 is 0. The minimum Gasteiger partial charge on any atom is -0.391 e. The van der Waals surface area contributed by atoms with Gasteiger partial charge >= 0.3 is 0 Å². The number of nitrogens with two attached hydrogens (primary N) is 1. The largest absolute Gasteiger partial charge is 0.391 e. The molecule has 0 spiro atoms. The van der Waals surface area contributed by atoms with Crippen LogP contribution in [0.25, 0.3) is 10.9 Å². The Kier molecular flexibility index (Phi) is 3.81. The number of rotatable bonds is 3. The van der Waals surface area contributed by atoms with Crippen molar-refractivity contribution in [2.24, 2.45) is 5.73 Å². The molecule has 7 heteroatoms. The molecule has 1 aliphatic carbocycles. The standard InChI is InChI=1S/C18H21F2N3O2/c1-9-17-14(10(7-21)6-13(25)23(17)11-2-3-11)15(19)16(20)18(9)22-5-4-12(24)8-22/h6,11-12,24H,2-5,7-8,21H2,1H3. The van der Waals surface area contributed by atoms with Crippen molar-refractivity contribution < 1.29 is 13.9 Å². The van der Waals surface area contributed by atoms with Crippen LogP contribution in [0.3, 0.4) is 0 Å². The van der Waals surface area contributed by atoms with E-state index >= 15 is 0 Å². The predicted octanol–water partition coefficient (Wildman–Crippen LogP) is 1.95. The number of nitrogens with zero attached hydrogens (tertiary/aromatic N) is 2. The molecule has 2 aliphatic rings. The van der Waals surface area contributed by atoms with Gasteiger partial charge in [0.1, 0.15) is 0 Å². The zero-order valence-corrected chi connectivity index (χ0v) is 14.1. The van der Waals surface area contributed by atoms with Crippen LogP contribution in [0, 0.1) is 18.6 Å². The molecule has 3 N–H and O–H groups in total. The van der Waals surface area contributed by atoms with Crippen molar-refractivity contribution >= 4 is 16.6 Å². The van der Waals surface area contributed by atoms with E-state index < -0.39 is 17.7 Å². The molecule has 1 unspecified atom stereocenters. The zero-order chi connectivity index (χ0) is 17.9. The van der Waals surface area contributed by atoms with Crippen molar-refractivity contribution in [2.45, 2.75) is 44.9 Å². The quantitative estimate of drug-likeness (QED) is 0.889. The van der Waals surface area contributed by atoms with E-state index in [4.69, 9.17) is 5.73 Å². The molecule has 4 rings (SSSR count). The lowest BCUT2D eigenvalue weighted by Gasteiger charge is -2.25. The summed E-state index contributed by atoms with van der Waals surface area (Å²) in [6.45, 7) is 2.39. The average Bonchev–Trinajstić information content (AvgIpc) is 3.33. The topological polar surface area (TPSA) is 71.5 Å². The van der Waals surface area contributed by atoms with Gasteiger partial charge in [0.05, 0.1) is 17.3 Å². The number of aromatic nitrogens is 1. The number of β-amino-alcohol motifs (C(OH)–C–C–N with tert-alkyl or cyclic N) is 1. The SMILES string of the molecule is Cc1c(N2CCC(O)C2)c(F)c(F)c2c(CN)cc(=O)n(C3CC3)c12. The van der Waals surface area contributed by atoms with E-state index in [0.717, 1.165) is 12.8 Å². The van der Waals surface area contributed by atoms with E-state index in [1.54, 1.807) is 16.4 Å². The second kappa shape index (κ2) is 5.78. The molecule has 0 bridgehead atoms. The summed E-state index contributed by atoms with van der Waals surface area (Å²) in [6, 6.07) is 1.35. The Labute approximate surface area is 143 Å². The fraction of sp³-hybridized carbons (Fsp3) is 0.500. The van der Waals surface area contributed by atoms with Gasteiger partial charge in [0.2, 0.25) is 0 Å². The summed E-state index contributed by atoms with van der Waals surface area (Å²) in [7, 11) is 0. The number of aryl methyl sites for hydroxylation is 1. The molecule has 1 aromatic carbocycles. The molecular formula is C18H21F2N3O2. The number of hydrogen-bond acceptors (Lipinski definition) is 4. The monoisotopic (exact) mass is 349 g/mol. The molecule has 1 saturated carbocycles. The van der Waals surface area contributed by atoms with Gasteiger partial charge < -0.3 is 20.3 Å². The van der Waals surface area contributed by atoms with Gasteiger partial charge in [0.25, 0.3) is 5.56 Å². The third-order valence-corrected chi connectivity index (χ3v) is 5.28. The molecule has 0 radical (unpaired) electrons. The van der Waals surface area contributed by atoms with E-state index in [2.05, 4.69) is 0 Å². The maximum atomic E-state index is 15.0. The number of anilines is 1. The van der Waals surface area contributed by atoms with E-state index in [-0.39, 0.29) is 35.8 Å². The summed E-state index contributed by atoms with van der Waals surface area (Å²) in [5.74, 6) is -1.90. The first-order valence-corrected chi connectivity index (χ1v) is 8.62. The molecule has 134 valence electrons. The van der Waals surface area contributed by atoms with Gasteiger partial charge in [0.15, 0.2) is 11.6 Å². The number of benzene rings is 1. The number of pyridine rings is 1. The molecule has 2 aromatic rings. The first kappa shape index (κ1) is 16.5. The Morgan fingerprint density at radius 1 is 1.28 bits per heavy atom. The van der Waals surface area contributed by atoms with Crippen molar-refractivity contribution in [3.63, 3.8) is 0 Å². The fourth-order valence-corrected chi connectivity index (χ4v) is 3.95. The van der Waals surface area contributed by atoms with Crippen LogP contribution in [0.4, 0.5) is 14.5 Å². The van der Waals surface area contributed by atoms with Crippen LogP contribution in [0.15, 0.2) is 10.9 Å². The van der Waals surface area contributed by atoms with Gasteiger partial charge in [-0.3, -0.25) is 4.79 Å². The first-order valence-electron chi connectivity index (χ1n) is 8.62. The molecule has 5 nitrogen and oxygen atoms in total. The summed E-state index contributed by atoms with van der Waals surface area (Å²) < 4.78 is 31.5. The van der Waals surface area contributed by atoms with Crippen LogP contribution < -0.4 is 16.2 Å². The van der Waals surface area contributed by atoms with E-state index in [1.807, 2.05) is 0 Å². The number of hydrogen-bond donors (Lipinski definition) is 2. The highest BCUT2D eigenvalue weighted by Gasteiger charge is 2.33. The van der Waals surface area contributed by atoms with Crippen LogP contribution in [0.1, 0.15) is 36.4 Å². The number of aliphatic hydroxyl groups excluding tert-OH is 1. The predicted molar refractivity (Wildman–Crippen MR) is 91.9 cm³/mol. The third kappa shape index (κ3) is 2.45. The third-order valence-electron chi connectivity index (χ3n) is 5.28. The maximum absolute atomic E-state index is 15.0. The van der Waals surface area contributed by atoms with Crippen molar-refractivity contribution in [3.05, 3.63) is 39.2 Å². The Balaban J connectivity index is 2.09. The van der Waals surface area contributed by atoms with Crippen LogP contribution in [0.2, 0.25) is 0 Å². The Morgan fingerprint density at radius 3 is 2.56 bits per heavy atom. The molecule has 1 aromatic heterocycles. The highest BCUT2D eigenvalue weighted by Crippen LogP contribution is 2.41. The lowest BCUT2D eigenvalue weighted by molar-refractivity contribution is 0.198. The first-order chi connectivity index (χ1) is 11.9. The average molecular weight is 349 g/mol. The molecule has 1 atom stereocenters. The Bertz CT molecular complexity index is 921. The fourth-order valence-electron chi connectivity index (χ4n) is 3.95. The summed E-state index contributed by atoms with van der Waals surface area (Å²) in [4.78, 5) is 14.2. The van der Waals surface area contributed by atoms with E-state index in [9.17, 15) is 18.7 Å². The molecular weight excluding hydrogens is 328 g/mol. The van der Waals surface area contributed by atoms with Gasteiger partial charge in [-0.25, -0.2) is 8.78 Å². The second-order valence-corrected chi connectivity index (χ2v) is 7.03. The van der Waals surface area contributed by atoms with Gasteiger partial charge in [-0.2, -0.15) is 0 Å². The molecule has 2 heterocycles. The van der Waals surface area contributed by atoms with E-state index in [1.165, 1.54) is 6.07 Å². The normalized spacial score (nSPS) is 20.7. The number of aliphatic hydroxyl groups is 1. The smallest absolute Gasteiger partial charge is 0.251 e. The highest BCUT2D eigenvalue weighted by molar-refractivity contribution is 5.91.